The van der Waals surface area contributed by atoms with Gasteiger partial charge in [-0.3, -0.25) is 19.5 Å². The molecule has 0 amide bonds. The summed E-state index contributed by atoms with van der Waals surface area (Å²) in [7, 11) is 0. The van der Waals surface area contributed by atoms with E-state index in [-0.39, 0.29) is 11.2 Å². The molecule has 8 heteroatoms. The Balaban J connectivity index is 1.33. The van der Waals surface area contributed by atoms with E-state index >= 15 is 0 Å². The number of rotatable bonds is 6. The van der Waals surface area contributed by atoms with E-state index in [9.17, 15) is 9.90 Å². The lowest BCUT2D eigenvalue weighted by molar-refractivity contribution is 0.0305. The van der Waals surface area contributed by atoms with Gasteiger partial charge in [-0.1, -0.05) is 23.7 Å². The highest BCUT2D eigenvalue weighted by Crippen LogP contribution is 2.19. The Labute approximate surface area is 181 Å². The summed E-state index contributed by atoms with van der Waals surface area (Å²) in [5.74, 6) is 0.678. The molecule has 2 saturated heterocycles. The minimum Gasteiger partial charge on any atom is -0.502 e. The number of benzene rings is 1. The average molecular weight is 434 g/mol. The molecule has 4 rings (SSSR count). The normalized spacial score (nSPS) is 19.2. The van der Waals surface area contributed by atoms with E-state index in [4.69, 9.17) is 20.8 Å². The molecular formula is C22H28ClN3O4. The zero-order chi connectivity index (χ0) is 20.9. The molecule has 0 spiro atoms. The Kier molecular flexibility index (Phi) is 7.07. The summed E-state index contributed by atoms with van der Waals surface area (Å²) in [5.41, 5.74) is 0.869. The number of hydrogen-bond donors (Lipinski definition) is 1. The molecule has 0 unspecified atom stereocenters. The molecule has 0 bridgehead atoms. The molecule has 30 heavy (non-hydrogen) atoms. The Morgan fingerprint density at radius 1 is 0.867 bits per heavy atom. The van der Waals surface area contributed by atoms with Crippen molar-refractivity contribution < 1.29 is 14.3 Å². The number of piperazine rings is 1. The van der Waals surface area contributed by atoms with Crippen molar-refractivity contribution in [3.63, 3.8) is 0 Å². The molecule has 1 N–H and O–H groups in total. The summed E-state index contributed by atoms with van der Waals surface area (Å²) < 4.78 is 11.3. The molecule has 2 fully saturated rings. The van der Waals surface area contributed by atoms with Gasteiger partial charge in [-0.25, -0.2) is 0 Å². The van der Waals surface area contributed by atoms with Crippen LogP contribution in [0.1, 0.15) is 17.1 Å². The highest BCUT2D eigenvalue weighted by atomic mass is 35.5. The second kappa shape index (κ2) is 9.94. The summed E-state index contributed by atoms with van der Waals surface area (Å²) in [6.07, 6.45) is 0. The van der Waals surface area contributed by atoms with Crippen LogP contribution in [0.4, 0.5) is 0 Å². The van der Waals surface area contributed by atoms with Crippen LogP contribution >= 0.6 is 11.6 Å². The van der Waals surface area contributed by atoms with Gasteiger partial charge < -0.3 is 14.3 Å². The molecule has 0 aliphatic carbocycles. The van der Waals surface area contributed by atoms with Crippen molar-refractivity contribution in [1.29, 1.82) is 0 Å². The monoisotopic (exact) mass is 433 g/mol. The average Bonchev–Trinajstić information content (AvgIpc) is 2.75. The molecule has 0 saturated carbocycles. The summed E-state index contributed by atoms with van der Waals surface area (Å²) >= 11 is 5.96. The van der Waals surface area contributed by atoms with Crippen LogP contribution in [0.3, 0.4) is 0 Å². The Morgan fingerprint density at radius 3 is 2.13 bits per heavy atom. The zero-order valence-electron chi connectivity index (χ0n) is 17.1. The van der Waals surface area contributed by atoms with E-state index in [1.165, 1.54) is 11.6 Å². The Bertz CT molecular complexity index is 888. The first-order valence-corrected chi connectivity index (χ1v) is 10.8. The van der Waals surface area contributed by atoms with Crippen molar-refractivity contribution in [2.75, 3.05) is 52.5 Å². The van der Waals surface area contributed by atoms with Crippen LogP contribution in [0.5, 0.6) is 5.75 Å². The van der Waals surface area contributed by atoms with E-state index < -0.39 is 0 Å². The van der Waals surface area contributed by atoms with Crippen molar-refractivity contribution in [3.8, 4) is 5.75 Å². The zero-order valence-corrected chi connectivity index (χ0v) is 17.8. The highest BCUT2D eigenvalue weighted by Gasteiger charge is 2.21. The molecule has 0 radical (unpaired) electrons. The predicted octanol–water partition coefficient (Wildman–Crippen LogP) is 2.15. The summed E-state index contributed by atoms with van der Waals surface area (Å²) in [4.78, 5) is 19.0. The van der Waals surface area contributed by atoms with Crippen LogP contribution in [0.25, 0.3) is 0 Å². The smallest absolute Gasteiger partial charge is 0.227 e. The lowest BCUT2D eigenvalue weighted by atomic mass is 10.2. The van der Waals surface area contributed by atoms with Gasteiger partial charge in [0, 0.05) is 56.9 Å². The van der Waals surface area contributed by atoms with Gasteiger partial charge in [-0.05, 0) is 17.7 Å². The summed E-state index contributed by atoms with van der Waals surface area (Å²) in [6, 6.07) is 9.35. The van der Waals surface area contributed by atoms with Crippen LogP contribution in [0.2, 0.25) is 5.02 Å². The first kappa shape index (κ1) is 21.3. The molecule has 1 aromatic carbocycles. The third kappa shape index (κ3) is 5.62. The molecule has 0 atom stereocenters. The van der Waals surface area contributed by atoms with E-state index in [1.54, 1.807) is 0 Å². The molecular weight excluding hydrogens is 406 g/mol. The number of ether oxygens (including phenoxy) is 1. The van der Waals surface area contributed by atoms with Crippen molar-refractivity contribution in [1.82, 2.24) is 14.7 Å². The number of morpholine rings is 1. The number of halogens is 1. The van der Waals surface area contributed by atoms with Gasteiger partial charge in [-0.15, -0.1) is 0 Å². The molecule has 1 aromatic heterocycles. The van der Waals surface area contributed by atoms with Crippen molar-refractivity contribution in [2.45, 2.75) is 19.6 Å². The van der Waals surface area contributed by atoms with E-state index in [2.05, 4.69) is 26.8 Å². The summed E-state index contributed by atoms with van der Waals surface area (Å²) in [6.45, 7) is 8.43. The number of aromatic hydroxyl groups is 1. The van der Waals surface area contributed by atoms with Crippen LogP contribution in [-0.2, 0) is 24.4 Å². The molecule has 2 aliphatic heterocycles. The maximum atomic E-state index is 12.2. The Hall–Kier alpha value is -1.90. The van der Waals surface area contributed by atoms with Crippen LogP contribution in [-0.4, -0.2) is 72.3 Å². The van der Waals surface area contributed by atoms with Gasteiger partial charge in [0.2, 0.25) is 11.2 Å². The SMILES string of the molecule is O=c1cc(CN2CCOCC2)oc(CN2CCN(Cc3ccc(Cl)cc3)CC2)c1O. The predicted molar refractivity (Wildman–Crippen MR) is 115 cm³/mol. The van der Waals surface area contributed by atoms with Crippen molar-refractivity contribution in [3.05, 3.63) is 62.7 Å². The van der Waals surface area contributed by atoms with E-state index in [0.717, 1.165) is 50.8 Å². The van der Waals surface area contributed by atoms with Gasteiger partial charge in [0.25, 0.3) is 0 Å². The van der Waals surface area contributed by atoms with Crippen molar-refractivity contribution >= 4 is 11.6 Å². The molecule has 2 aliphatic rings. The first-order chi connectivity index (χ1) is 14.6. The van der Waals surface area contributed by atoms with Gasteiger partial charge in [0.15, 0.2) is 5.76 Å². The second-order valence-electron chi connectivity index (χ2n) is 7.92. The number of nitrogens with zero attached hydrogens (tertiary/aromatic N) is 3. The first-order valence-electron chi connectivity index (χ1n) is 10.4. The highest BCUT2D eigenvalue weighted by molar-refractivity contribution is 6.30. The summed E-state index contributed by atoms with van der Waals surface area (Å²) in [5, 5.41) is 11.0. The fourth-order valence-electron chi connectivity index (χ4n) is 3.91. The van der Waals surface area contributed by atoms with Gasteiger partial charge in [-0.2, -0.15) is 0 Å². The standard InChI is InChI=1S/C22H28ClN3O4/c23-18-3-1-17(2-4-18)14-24-5-7-25(8-6-24)16-21-22(28)20(27)13-19(30-21)15-26-9-11-29-12-10-26/h1-4,13,28H,5-12,14-16H2. The Morgan fingerprint density at radius 2 is 1.47 bits per heavy atom. The molecule has 2 aromatic rings. The maximum absolute atomic E-state index is 12.2. The second-order valence-corrected chi connectivity index (χ2v) is 8.35. The third-order valence-electron chi connectivity index (χ3n) is 5.68. The minimum absolute atomic E-state index is 0.274. The van der Waals surface area contributed by atoms with E-state index in [1.807, 2.05) is 12.1 Å². The molecule has 3 heterocycles. The van der Waals surface area contributed by atoms with Crippen LogP contribution in [0.15, 0.2) is 39.5 Å². The lowest BCUT2D eigenvalue weighted by Crippen LogP contribution is -2.45. The third-order valence-corrected chi connectivity index (χ3v) is 5.93. The van der Waals surface area contributed by atoms with E-state index in [0.29, 0.717) is 37.8 Å². The minimum atomic E-state index is -0.374. The maximum Gasteiger partial charge on any atom is 0.227 e. The fraction of sp³-hybridized carbons (Fsp3) is 0.500. The fourth-order valence-corrected chi connectivity index (χ4v) is 4.04. The van der Waals surface area contributed by atoms with Crippen molar-refractivity contribution in [2.24, 2.45) is 0 Å². The van der Waals surface area contributed by atoms with Crippen LogP contribution < -0.4 is 5.43 Å². The largest absolute Gasteiger partial charge is 0.502 e. The quantitative estimate of drug-likeness (QED) is 0.748. The van der Waals surface area contributed by atoms with Gasteiger partial charge in [0.05, 0.1) is 26.3 Å². The lowest BCUT2D eigenvalue weighted by Gasteiger charge is -2.34. The van der Waals surface area contributed by atoms with Gasteiger partial charge >= 0.3 is 0 Å². The van der Waals surface area contributed by atoms with Gasteiger partial charge in [0.1, 0.15) is 5.76 Å². The van der Waals surface area contributed by atoms with Crippen LogP contribution in [0, 0.1) is 0 Å². The number of hydrogen-bond acceptors (Lipinski definition) is 7. The molecule has 7 nitrogen and oxygen atoms in total. The topological polar surface area (TPSA) is 69.4 Å². The molecule has 162 valence electrons.